The molecule has 4 nitrogen and oxygen atoms in total. The minimum Gasteiger partial charge on any atom is -0.352 e. The van der Waals surface area contributed by atoms with Crippen LogP contribution in [0, 0.1) is 18.3 Å². The summed E-state index contributed by atoms with van der Waals surface area (Å²) >= 11 is 0. The van der Waals surface area contributed by atoms with Crippen molar-refractivity contribution in [3.8, 4) is 6.07 Å². The molecule has 0 atom stereocenters. The van der Waals surface area contributed by atoms with Gasteiger partial charge >= 0.3 is 0 Å². The summed E-state index contributed by atoms with van der Waals surface area (Å²) in [5.74, 6) is 0.681. The summed E-state index contributed by atoms with van der Waals surface area (Å²) in [6, 6.07) is 20.4. The first-order valence-corrected chi connectivity index (χ1v) is 8.97. The van der Waals surface area contributed by atoms with E-state index in [4.69, 9.17) is 0 Å². The Balaban J connectivity index is 1.91. The number of benzene rings is 2. The SMILES string of the molecule is Cc1ccccc1Nc1cc(C#N)cnc1Nc1ccc(C(C)(C)C)cc1. The quantitative estimate of drug-likeness (QED) is 0.597. The molecule has 0 amide bonds. The topological polar surface area (TPSA) is 60.7 Å². The molecule has 2 N–H and O–H groups in total. The van der Waals surface area contributed by atoms with Crippen LogP contribution in [0.1, 0.15) is 37.5 Å². The number of pyridine rings is 1. The van der Waals surface area contributed by atoms with E-state index in [1.54, 1.807) is 6.20 Å². The van der Waals surface area contributed by atoms with Crippen molar-refractivity contribution in [3.05, 3.63) is 77.5 Å². The molecule has 0 saturated heterocycles. The summed E-state index contributed by atoms with van der Waals surface area (Å²) in [7, 11) is 0. The molecule has 0 radical (unpaired) electrons. The largest absolute Gasteiger partial charge is 0.352 e. The van der Waals surface area contributed by atoms with Crippen molar-refractivity contribution >= 4 is 22.9 Å². The first-order chi connectivity index (χ1) is 12.9. The van der Waals surface area contributed by atoms with E-state index in [0.29, 0.717) is 11.4 Å². The van der Waals surface area contributed by atoms with Crippen molar-refractivity contribution in [1.29, 1.82) is 5.26 Å². The van der Waals surface area contributed by atoms with Gasteiger partial charge in [0.25, 0.3) is 0 Å². The number of rotatable bonds is 4. The molecular formula is C23H24N4. The van der Waals surface area contributed by atoms with Crippen molar-refractivity contribution in [2.24, 2.45) is 0 Å². The highest BCUT2D eigenvalue weighted by atomic mass is 15.0. The smallest absolute Gasteiger partial charge is 0.154 e. The summed E-state index contributed by atoms with van der Waals surface area (Å²) < 4.78 is 0. The Hall–Kier alpha value is -3.32. The second-order valence-corrected chi connectivity index (χ2v) is 7.62. The predicted octanol–water partition coefficient (Wildman–Crippen LogP) is 6.05. The predicted molar refractivity (Wildman–Crippen MR) is 112 cm³/mol. The Labute approximate surface area is 160 Å². The maximum atomic E-state index is 9.23. The lowest BCUT2D eigenvalue weighted by molar-refractivity contribution is 0.590. The molecule has 3 rings (SSSR count). The molecule has 0 saturated carbocycles. The standard InChI is InChI=1S/C23H24N4/c1-16-7-5-6-8-20(16)27-21-13-17(14-24)15-25-22(21)26-19-11-9-18(10-12-19)23(2,3)4/h5-13,15,27H,1-4H3,(H,25,26). The van der Waals surface area contributed by atoms with Crippen LogP contribution in [0.25, 0.3) is 0 Å². The number of nitrogens with one attached hydrogen (secondary N) is 2. The fourth-order valence-electron chi connectivity index (χ4n) is 2.77. The number of nitriles is 1. The molecule has 0 aliphatic rings. The molecule has 0 aliphatic heterocycles. The third kappa shape index (κ3) is 4.45. The van der Waals surface area contributed by atoms with Gasteiger partial charge in [-0.05, 0) is 47.7 Å². The third-order valence-electron chi connectivity index (χ3n) is 4.44. The monoisotopic (exact) mass is 356 g/mol. The van der Waals surface area contributed by atoms with E-state index in [2.05, 4.69) is 66.7 Å². The van der Waals surface area contributed by atoms with Gasteiger partial charge in [-0.15, -0.1) is 0 Å². The molecule has 0 aliphatic carbocycles. The van der Waals surface area contributed by atoms with Crippen LogP contribution in [0.15, 0.2) is 60.8 Å². The van der Waals surface area contributed by atoms with Crippen molar-refractivity contribution in [3.63, 3.8) is 0 Å². The van der Waals surface area contributed by atoms with E-state index in [9.17, 15) is 5.26 Å². The van der Waals surface area contributed by atoms with Crippen LogP contribution < -0.4 is 10.6 Å². The first kappa shape index (κ1) is 18.5. The number of aryl methyl sites for hydroxylation is 1. The Kier molecular flexibility index (Phi) is 5.14. The number of hydrogen-bond acceptors (Lipinski definition) is 4. The van der Waals surface area contributed by atoms with E-state index in [1.807, 2.05) is 37.3 Å². The second kappa shape index (κ2) is 7.51. The molecule has 0 unspecified atom stereocenters. The van der Waals surface area contributed by atoms with Crippen molar-refractivity contribution < 1.29 is 0 Å². The molecule has 1 aromatic heterocycles. The highest BCUT2D eigenvalue weighted by Gasteiger charge is 2.13. The molecule has 3 aromatic rings. The summed E-state index contributed by atoms with van der Waals surface area (Å²) in [4.78, 5) is 4.45. The van der Waals surface area contributed by atoms with Gasteiger partial charge in [0.2, 0.25) is 0 Å². The summed E-state index contributed by atoms with van der Waals surface area (Å²) in [5, 5.41) is 16.0. The molecule has 0 fully saturated rings. The lowest BCUT2D eigenvalue weighted by Gasteiger charge is -2.19. The maximum absolute atomic E-state index is 9.23. The molecule has 136 valence electrons. The summed E-state index contributed by atoms with van der Waals surface area (Å²) in [5.41, 5.74) is 5.74. The van der Waals surface area contributed by atoms with Crippen LogP contribution in [-0.4, -0.2) is 4.98 Å². The Bertz CT molecular complexity index is 976. The highest BCUT2D eigenvalue weighted by Crippen LogP contribution is 2.30. The zero-order chi connectivity index (χ0) is 19.4. The first-order valence-electron chi connectivity index (χ1n) is 8.97. The van der Waals surface area contributed by atoms with Crippen molar-refractivity contribution in [2.75, 3.05) is 10.6 Å². The molecule has 2 aromatic carbocycles. The molecule has 27 heavy (non-hydrogen) atoms. The molecule has 1 heterocycles. The third-order valence-corrected chi connectivity index (χ3v) is 4.44. The van der Waals surface area contributed by atoms with E-state index in [-0.39, 0.29) is 5.41 Å². The van der Waals surface area contributed by atoms with Crippen LogP contribution >= 0.6 is 0 Å². The Morgan fingerprint density at radius 3 is 2.26 bits per heavy atom. The van der Waals surface area contributed by atoms with Gasteiger partial charge in [0.1, 0.15) is 6.07 Å². The van der Waals surface area contributed by atoms with Crippen molar-refractivity contribution in [2.45, 2.75) is 33.1 Å². The van der Waals surface area contributed by atoms with E-state index < -0.39 is 0 Å². The zero-order valence-electron chi connectivity index (χ0n) is 16.2. The lowest BCUT2D eigenvalue weighted by atomic mass is 9.87. The molecule has 0 spiro atoms. The fraction of sp³-hybridized carbons (Fsp3) is 0.217. The van der Waals surface area contributed by atoms with Gasteiger partial charge in [-0.25, -0.2) is 4.98 Å². The maximum Gasteiger partial charge on any atom is 0.154 e. The average molecular weight is 356 g/mol. The van der Waals surface area contributed by atoms with Gasteiger partial charge in [-0.1, -0.05) is 51.1 Å². The van der Waals surface area contributed by atoms with Gasteiger partial charge in [-0.2, -0.15) is 5.26 Å². The number of aromatic nitrogens is 1. The molecule has 0 bridgehead atoms. The van der Waals surface area contributed by atoms with E-state index in [0.717, 1.165) is 22.6 Å². The van der Waals surface area contributed by atoms with Gasteiger partial charge < -0.3 is 10.6 Å². The van der Waals surface area contributed by atoms with Crippen LogP contribution in [0.2, 0.25) is 0 Å². The van der Waals surface area contributed by atoms with Crippen LogP contribution in [0.5, 0.6) is 0 Å². The van der Waals surface area contributed by atoms with E-state index >= 15 is 0 Å². The van der Waals surface area contributed by atoms with Crippen LogP contribution in [-0.2, 0) is 5.41 Å². The summed E-state index contributed by atoms with van der Waals surface area (Å²) in [6.07, 6.45) is 1.58. The molecular weight excluding hydrogens is 332 g/mol. The number of hydrogen-bond donors (Lipinski definition) is 2. The minimum absolute atomic E-state index is 0.114. The Morgan fingerprint density at radius 2 is 1.63 bits per heavy atom. The van der Waals surface area contributed by atoms with Crippen LogP contribution in [0.4, 0.5) is 22.9 Å². The highest BCUT2D eigenvalue weighted by molar-refractivity contribution is 5.77. The van der Waals surface area contributed by atoms with Gasteiger partial charge in [0, 0.05) is 17.6 Å². The lowest BCUT2D eigenvalue weighted by Crippen LogP contribution is -2.10. The van der Waals surface area contributed by atoms with Gasteiger partial charge in [-0.3, -0.25) is 0 Å². The number of para-hydroxylation sites is 1. The average Bonchev–Trinajstić information content (AvgIpc) is 2.64. The second-order valence-electron chi connectivity index (χ2n) is 7.62. The number of anilines is 4. The van der Waals surface area contributed by atoms with Crippen LogP contribution in [0.3, 0.4) is 0 Å². The Morgan fingerprint density at radius 1 is 0.926 bits per heavy atom. The van der Waals surface area contributed by atoms with Gasteiger partial charge in [0.05, 0.1) is 11.3 Å². The van der Waals surface area contributed by atoms with E-state index in [1.165, 1.54) is 5.56 Å². The van der Waals surface area contributed by atoms with Crippen molar-refractivity contribution in [1.82, 2.24) is 4.98 Å². The normalized spacial score (nSPS) is 10.9. The minimum atomic E-state index is 0.114. The fourth-order valence-corrected chi connectivity index (χ4v) is 2.77. The number of nitrogens with zero attached hydrogens (tertiary/aromatic N) is 2. The summed E-state index contributed by atoms with van der Waals surface area (Å²) in [6.45, 7) is 8.63. The zero-order valence-corrected chi connectivity index (χ0v) is 16.2. The van der Waals surface area contributed by atoms with Gasteiger partial charge in [0.15, 0.2) is 5.82 Å². The molecule has 4 heteroatoms.